The maximum atomic E-state index is 15.2. The molecule has 0 radical (unpaired) electrons. The Labute approximate surface area is 187 Å². The maximum absolute atomic E-state index is 15.2. The van der Waals surface area contributed by atoms with Gasteiger partial charge in [0.2, 0.25) is 7.29 Å². The monoisotopic (exact) mass is 445 g/mol. The summed E-state index contributed by atoms with van der Waals surface area (Å²) in [5.74, 6) is 0. The van der Waals surface area contributed by atoms with E-state index in [0.717, 1.165) is 10.6 Å². The van der Waals surface area contributed by atoms with E-state index >= 15 is 4.57 Å². The minimum Gasteiger partial charge on any atom is -0.296 e. The number of hydrogen-bond acceptors (Lipinski definition) is 1. The Bertz CT molecular complexity index is 1040. The van der Waals surface area contributed by atoms with Crippen molar-refractivity contribution in [2.45, 2.75) is 13.8 Å². The van der Waals surface area contributed by atoms with Crippen LogP contribution in [0.15, 0.2) is 127 Å². The Morgan fingerprint density at radius 1 is 0.903 bits per heavy atom. The molecule has 0 spiro atoms. The molecule has 4 heteroatoms. The molecule has 0 fully saturated rings. The van der Waals surface area contributed by atoms with Crippen molar-refractivity contribution in [2.75, 3.05) is 6.54 Å². The van der Waals surface area contributed by atoms with E-state index in [1.807, 2.05) is 67.6 Å². The highest BCUT2D eigenvalue weighted by Gasteiger charge is 2.40. The summed E-state index contributed by atoms with van der Waals surface area (Å²) >= 11 is 0. The van der Waals surface area contributed by atoms with Crippen LogP contribution in [0, 0.1) is 0 Å². The summed E-state index contributed by atoms with van der Waals surface area (Å²) in [5.41, 5.74) is 0. The van der Waals surface area contributed by atoms with Crippen LogP contribution in [0.4, 0.5) is 0 Å². The second-order valence-corrected chi connectivity index (χ2v) is 12.0. The molecular weight excluding hydrogens is 416 g/mol. The van der Waals surface area contributed by atoms with Gasteiger partial charge < -0.3 is 0 Å². The molecule has 1 atom stereocenters. The summed E-state index contributed by atoms with van der Waals surface area (Å²) in [6.45, 7) is 8.59. The van der Waals surface area contributed by atoms with Crippen molar-refractivity contribution < 1.29 is 4.57 Å². The van der Waals surface area contributed by atoms with E-state index in [1.165, 1.54) is 10.6 Å². The average Bonchev–Trinajstić information content (AvgIpc) is 2.83. The molecule has 31 heavy (non-hydrogen) atoms. The molecule has 0 aromatic heterocycles. The molecule has 0 saturated carbocycles. The van der Waals surface area contributed by atoms with E-state index in [9.17, 15) is 0 Å². The standard InChI is InChI=1S/C27H29NOP2/c1-4-16-26(17-5-2)31(29,27-22-14-9-15-23-27)28(6-3)30(24-18-10-7-11-19-24)25-20-12-8-13-21-25/h4-5,7-23H,1,6H2,2-3H3/b17-5-,26-16+. The van der Waals surface area contributed by atoms with E-state index in [-0.39, 0.29) is 0 Å². The van der Waals surface area contributed by atoms with Gasteiger partial charge in [-0.2, -0.15) is 0 Å². The highest BCUT2D eigenvalue weighted by molar-refractivity contribution is 7.86. The summed E-state index contributed by atoms with van der Waals surface area (Å²) in [7, 11) is -4.17. The zero-order valence-electron chi connectivity index (χ0n) is 18.1. The molecular formula is C27H29NOP2. The first-order valence-electron chi connectivity index (χ1n) is 10.5. The number of hydrogen-bond donors (Lipinski definition) is 0. The molecule has 0 aliphatic carbocycles. The number of allylic oxidation sites excluding steroid dienone is 5. The van der Waals surface area contributed by atoms with Crippen LogP contribution in [0.2, 0.25) is 0 Å². The Kier molecular flexibility index (Phi) is 8.38. The van der Waals surface area contributed by atoms with Crippen LogP contribution in [0.1, 0.15) is 13.8 Å². The first-order chi connectivity index (χ1) is 15.2. The first-order valence-corrected chi connectivity index (χ1v) is 13.4. The molecule has 0 N–H and O–H groups in total. The second-order valence-electron chi connectivity index (χ2n) is 6.91. The summed E-state index contributed by atoms with van der Waals surface area (Å²) in [4.78, 5) is 0. The van der Waals surface area contributed by atoms with E-state index in [4.69, 9.17) is 0 Å². The van der Waals surface area contributed by atoms with Gasteiger partial charge in [-0.05, 0) is 29.7 Å². The summed E-state index contributed by atoms with van der Waals surface area (Å²) in [6, 6.07) is 30.7. The van der Waals surface area contributed by atoms with Gasteiger partial charge in [0.25, 0.3) is 0 Å². The zero-order valence-corrected chi connectivity index (χ0v) is 19.9. The SMILES string of the molecule is C=C/C=C(\C=C/C)P(=O)(c1ccccc1)N(CC)P(c1ccccc1)c1ccccc1. The van der Waals surface area contributed by atoms with E-state index < -0.39 is 15.4 Å². The largest absolute Gasteiger partial charge is 0.296 e. The van der Waals surface area contributed by atoms with Crippen molar-refractivity contribution in [3.05, 3.63) is 127 Å². The van der Waals surface area contributed by atoms with E-state index in [1.54, 1.807) is 6.08 Å². The lowest BCUT2D eigenvalue weighted by Gasteiger charge is -2.38. The molecule has 1 unspecified atom stereocenters. The molecule has 0 amide bonds. The normalized spacial score (nSPS) is 14.1. The van der Waals surface area contributed by atoms with E-state index in [0.29, 0.717) is 6.54 Å². The lowest BCUT2D eigenvalue weighted by molar-refractivity contribution is 0.552. The van der Waals surface area contributed by atoms with Crippen molar-refractivity contribution in [2.24, 2.45) is 0 Å². The third-order valence-corrected chi connectivity index (χ3v) is 11.5. The van der Waals surface area contributed by atoms with Crippen LogP contribution in [0.5, 0.6) is 0 Å². The first kappa shape index (κ1) is 23.2. The lowest BCUT2D eigenvalue weighted by atomic mass is 10.4. The molecule has 3 aromatic rings. The van der Waals surface area contributed by atoms with Gasteiger partial charge >= 0.3 is 0 Å². The highest BCUT2D eigenvalue weighted by atomic mass is 31.2. The average molecular weight is 445 g/mol. The molecule has 0 aliphatic rings. The van der Waals surface area contributed by atoms with Gasteiger partial charge in [0.15, 0.2) is 0 Å². The minimum atomic E-state index is -3.15. The van der Waals surface area contributed by atoms with Crippen molar-refractivity contribution in [3.63, 3.8) is 0 Å². The third kappa shape index (κ3) is 5.05. The van der Waals surface area contributed by atoms with Gasteiger partial charge in [0, 0.05) is 25.2 Å². The fourth-order valence-electron chi connectivity index (χ4n) is 3.62. The second kappa shape index (κ2) is 11.2. The Morgan fingerprint density at radius 2 is 1.39 bits per heavy atom. The zero-order chi connectivity index (χ0) is 22.1. The predicted octanol–water partition coefficient (Wildman–Crippen LogP) is 6.61. The van der Waals surface area contributed by atoms with Gasteiger partial charge in [0.1, 0.15) is 0 Å². The molecule has 158 valence electrons. The smallest absolute Gasteiger partial charge is 0.211 e. The van der Waals surface area contributed by atoms with Crippen LogP contribution in [-0.4, -0.2) is 11.0 Å². The third-order valence-electron chi connectivity index (χ3n) is 4.92. The van der Waals surface area contributed by atoms with Crippen LogP contribution in [0.3, 0.4) is 0 Å². The molecule has 0 heterocycles. The van der Waals surface area contributed by atoms with Crippen LogP contribution in [-0.2, 0) is 4.57 Å². The quantitative estimate of drug-likeness (QED) is 0.273. The summed E-state index contributed by atoms with van der Waals surface area (Å²) < 4.78 is 17.4. The van der Waals surface area contributed by atoms with E-state index in [2.05, 4.69) is 66.5 Å². The van der Waals surface area contributed by atoms with Gasteiger partial charge in [-0.15, -0.1) is 0 Å². The summed E-state index contributed by atoms with van der Waals surface area (Å²) in [5, 5.41) is 3.99. The molecule has 0 aliphatic heterocycles. The molecule has 3 rings (SSSR count). The van der Waals surface area contributed by atoms with Crippen molar-refractivity contribution in [1.29, 1.82) is 0 Å². The molecule has 2 nitrogen and oxygen atoms in total. The maximum Gasteiger partial charge on any atom is 0.211 e. The van der Waals surface area contributed by atoms with Crippen LogP contribution in [0.25, 0.3) is 0 Å². The number of benzene rings is 3. The van der Waals surface area contributed by atoms with Gasteiger partial charge in [0.05, 0.1) is 0 Å². The minimum absolute atomic E-state index is 0.647. The van der Waals surface area contributed by atoms with Gasteiger partial charge in [-0.25, -0.2) is 4.44 Å². The molecule has 0 saturated heterocycles. The van der Waals surface area contributed by atoms with Gasteiger partial charge in [-0.1, -0.05) is 117 Å². The topological polar surface area (TPSA) is 20.3 Å². The lowest BCUT2D eigenvalue weighted by Crippen LogP contribution is -2.30. The van der Waals surface area contributed by atoms with Gasteiger partial charge in [-0.3, -0.25) is 4.57 Å². The summed E-state index contributed by atoms with van der Waals surface area (Å²) in [6.07, 6.45) is 7.53. The molecule has 3 aromatic carbocycles. The van der Waals surface area contributed by atoms with Crippen molar-refractivity contribution in [1.82, 2.24) is 4.44 Å². The molecule has 0 bridgehead atoms. The Hall–Kier alpha value is -2.50. The fourth-order valence-corrected chi connectivity index (χ4v) is 10.4. The fraction of sp³-hybridized carbons (Fsp3) is 0.111. The Balaban J connectivity index is 2.32. The van der Waals surface area contributed by atoms with Crippen molar-refractivity contribution >= 4 is 31.3 Å². The number of nitrogens with zero attached hydrogens (tertiary/aromatic N) is 1. The van der Waals surface area contributed by atoms with Crippen LogP contribution >= 0.6 is 15.4 Å². The van der Waals surface area contributed by atoms with Crippen molar-refractivity contribution in [3.8, 4) is 0 Å². The predicted molar refractivity (Wildman–Crippen MR) is 138 cm³/mol. The van der Waals surface area contributed by atoms with Crippen LogP contribution < -0.4 is 15.9 Å². The number of rotatable bonds is 9. The Morgan fingerprint density at radius 3 is 1.81 bits per heavy atom. The highest BCUT2D eigenvalue weighted by Crippen LogP contribution is 2.65.